The first-order valence-corrected chi connectivity index (χ1v) is 7.43. The van der Waals surface area contributed by atoms with E-state index in [-0.39, 0.29) is 23.6 Å². The summed E-state index contributed by atoms with van der Waals surface area (Å²) in [5, 5.41) is 9.84. The van der Waals surface area contributed by atoms with Crippen LogP contribution in [0.2, 0.25) is 0 Å². The Labute approximate surface area is 125 Å². The van der Waals surface area contributed by atoms with Crippen LogP contribution in [0.15, 0.2) is 0 Å². The van der Waals surface area contributed by atoms with E-state index in [0.29, 0.717) is 5.69 Å². The summed E-state index contributed by atoms with van der Waals surface area (Å²) in [5.74, 6) is -0.0127. The van der Waals surface area contributed by atoms with Crippen LogP contribution in [0.4, 0.5) is 5.69 Å². The first-order chi connectivity index (χ1) is 9.99. The number of nitrogens with zero attached hydrogens (tertiary/aromatic N) is 2. The lowest BCUT2D eigenvalue weighted by Crippen LogP contribution is -2.46. The SMILES string of the molecule is CC(CN1CCOCC1)NC(=O)c1n[nH]c(C(C)C)c1N. The molecule has 0 aliphatic carbocycles. The number of ether oxygens (including phenoxy) is 1. The molecule has 21 heavy (non-hydrogen) atoms. The largest absolute Gasteiger partial charge is 0.395 e. The third-order valence-electron chi connectivity index (χ3n) is 3.64. The van der Waals surface area contributed by atoms with Crippen molar-refractivity contribution in [3.8, 4) is 0 Å². The minimum absolute atomic E-state index is 0.0363. The molecule has 7 nitrogen and oxygen atoms in total. The topological polar surface area (TPSA) is 96.3 Å². The molecule has 0 spiro atoms. The standard InChI is InChI=1S/C14H25N5O2/c1-9(2)12-11(15)13(18-17-12)14(20)16-10(3)8-19-4-6-21-7-5-19/h9-10H,4-8,15H2,1-3H3,(H,16,20)(H,17,18). The molecular weight excluding hydrogens is 270 g/mol. The van der Waals surface area contributed by atoms with Crippen molar-refractivity contribution in [2.24, 2.45) is 0 Å². The third kappa shape index (κ3) is 3.95. The Balaban J connectivity index is 1.91. The predicted octanol–water partition coefficient (Wildman–Crippen LogP) is 0.566. The highest BCUT2D eigenvalue weighted by molar-refractivity contribution is 5.97. The van der Waals surface area contributed by atoms with Gasteiger partial charge in [0.2, 0.25) is 0 Å². The zero-order valence-corrected chi connectivity index (χ0v) is 13.0. The first-order valence-electron chi connectivity index (χ1n) is 7.43. The van der Waals surface area contributed by atoms with E-state index < -0.39 is 0 Å². The third-order valence-corrected chi connectivity index (χ3v) is 3.64. The minimum atomic E-state index is -0.226. The van der Waals surface area contributed by atoms with Crippen LogP contribution in [0, 0.1) is 0 Å². The number of aromatic nitrogens is 2. The summed E-state index contributed by atoms with van der Waals surface area (Å²) in [6.07, 6.45) is 0. The lowest BCUT2D eigenvalue weighted by molar-refractivity contribution is 0.0342. The first kappa shape index (κ1) is 15.8. The molecule has 1 saturated heterocycles. The highest BCUT2D eigenvalue weighted by Crippen LogP contribution is 2.21. The lowest BCUT2D eigenvalue weighted by Gasteiger charge is -2.29. The van der Waals surface area contributed by atoms with Crippen LogP contribution in [-0.4, -0.2) is 59.9 Å². The lowest BCUT2D eigenvalue weighted by atomic mass is 10.1. The second-order valence-electron chi connectivity index (χ2n) is 5.84. The maximum atomic E-state index is 12.2. The number of carbonyl (C=O) groups is 1. The predicted molar refractivity (Wildman–Crippen MR) is 81.3 cm³/mol. The minimum Gasteiger partial charge on any atom is -0.395 e. The van der Waals surface area contributed by atoms with Gasteiger partial charge in [0.15, 0.2) is 5.69 Å². The quantitative estimate of drug-likeness (QED) is 0.738. The van der Waals surface area contributed by atoms with Crippen LogP contribution in [-0.2, 0) is 4.74 Å². The van der Waals surface area contributed by atoms with Crippen molar-refractivity contribution in [1.82, 2.24) is 20.4 Å². The second-order valence-corrected chi connectivity index (χ2v) is 5.84. The van der Waals surface area contributed by atoms with E-state index >= 15 is 0 Å². The summed E-state index contributed by atoms with van der Waals surface area (Å²) in [4.78, 5) is 14.5. The van der Waals surface area contributed by atoms with Gasteiger partial charge in [-0.25, -0.2) is 0 Å². The summed E-state index contributed by atoms with van der Waals surface area (Å²) in [7, 11) is 0. The summed E-state index contributed by atoms with van der Waals surface area (Å²) in [6, 6.07) is 0.0363. The summed E-state index contributed by atoms with van der Waals surface area (Å²) in [6.45, 7) is 10.1. The zero-order valence-electron chi connectivity index (χ0n) is 13.0. The highest BCUT2D eigenvalue weighted by atomic mass is 16.5. The number of morpholine rings is 1. The van der Waals surface area contributed by atoms with Gasteiger partial charge in [0.25, 0.3) is 5.91 Å². The number of hydrogen-bond acceptors (Lipinski definition) is 5. The molecule has 0 radical (unpaired) electrons. The Morgan fingerprint density at radius 2 is 2.10 bits per heavy atom. The highest BCUT2D eigenvalue weighted by Gasteiger charge is 2.21. The smallest absolute Gasteiger partial charge is 0.274 e. The molecule has 0 saturated carbocycles. The number of H-pyrrole nitrogens is 1. The molecule has 1 aliphatic heterocycles. The van der Waals surface area contributed by atoms with E-state index in [9.17, 15) is 4.79 Å². The molecule has 1 amide bonds. The Morgan fingerprint density at radius 3 is 2.67 bits per heavy atom. The summed E-state index contributed by atoms with van der Waals surface area (Å²) in [5.41, 5.74) is 7.52. The number of aromatic amines is 1. The molecule has 1 unspecified atom stereocenters. The Bertz CT molecular complexity index is 480. The monoisotopic (exact) mass is 295 g/mol. The molecule has 2 rings (SSSR count). The molecule has 1 aromatic heterocycles. The average Bonchev–Trinajstić information content (AvgIpc) is 2.81. The molecule has 1 atom stereocenters. The molecule has 1 aromatic rings. The van der Waals surface area contributed by atoms with Gasteiger partial charge in [0, 0.05) is 25.7 Å². The number of rotatable bonds is 5. The van der Waals surface area contributed by atoms with Gasteiger partial charge in [0.05, 0.1) is 24.6 Å². The van der Waals surface area contributed by atoms with Gasteiger partial charge in [-0.3, -0.25) is 14.8 Å². The van der Waals surface area contributed by atoms with Crippen LogP contribution in [0.5, 0.6) is 0 Å². The zero-order chi connectivity index (χ0) is 15.4. The number of anilines is 1. The number of hydrogen-bond donors (Lipinski definition) is 3. The van der Waals surface area contributed by atoms with Crippen molar-refractivity contribution in [3.05, 3.63) is 11.4 Å². The fraction of sp³-hybridized carbons (Fsp3) is 0.714. The molecule has 4 N–H and O–H groups in total. The average molecular weight is 295 g/mol. The van der Waals surface area contributed by atoms with E-state index in [1.165, 1.54) is 0 Å². The maximum Gasteiger partial charge on any atom is 0.274 e. The van der Waals surface area contributed by atoms with Crippen LogP contribution in [0.1, 0.15) is 42.9 Å². The van der Waals surface area contributed by atoms with Gasteiger partial charge in [-0.2, -0.15) is 5.10 Å². The van der Waals surface area contributed by atoms with Crippen molar-refractivity contribution in [2.75, 3.05) is 38.6 Å². The van der Waals surface area contributed by atoms with Crippen LogP contribution < -0.4 is 11.1 Å². The Hall–Kier alpha value is -1.60. The number of nitrogens with two attached hydrogens (primary N) is 1. The fourth-order valence-corrected chi connectivity index (χ4v) is 2.49. The van der Waals surface area contributed by atoms with E-state index in [2.05, 4.69) is 20.4 Å². The van der Waals surface area contributed by atoms with E-state index in [1.54, 1.807) is 0 Å². The van der Waals surface area contributed by atoms with Gasteiger partial charge in [-0.1, -0.05) is 13.8 Å². The van der Waals surface area contributed by atoms with Gasteiger partial charge in [-0.15, -0.1) is 0 Å². The number of amides is 1. The van der Waals surface area contributed by atoms with Gasteiger partial charge >= 0.3 is 0 Å². The summed E-state index contributed by atoms with van der Waals surface area (Å²) >= 11 is 0. The Kier molecular flexibility index (Phi) is 5.19. The molecule has 1 fully saturated rings. The molecule has 7 heteroatoms. The van der Waals surface area contributed by atoms with Crippen molar-refractivity contribution < 1.29 is 9.53 Å². The molecule has 1 aliphatic rings. The van der Waals surface area contributed by atoms with Crippen LogP contribution in [0.3, 0.4) is 0 Å². The van der Waals surface area contributed by atoms with E-state index in [4.69, 9.17) is 10.5 Å². The van der Waals surface area contributed by atoms with Gasteiger partial charge < -0.3 is 15.8 Å². The number of nitrogen functional groups attached to an aromatic ring is 1. The van der Waals surface area contributed by atoms with Crippen LogP contribution in [0.25, 0.3) is 0 Å². The fourth-order valence-electron chi connectivity index (χ4n) is 2.49. The van der Waals surface area contributed by atoms with E-state index in [1.807, 2.05) is 20.8 Å². The van der Waals surface area contributed by atoms with Crippen molar-refractivity contribution in [3.63, 3.8) is 0 Å². The van der Waals surface area contributed by atoms with Gasteiger partial charge in [0.1, 0.15) is 0 Å². The maximum absolute atomic E-state index is 12.2. The van der Waals surface area contributed by atoms with Crippen LogP contribution >= 0.6 is 0 Å². The summed E-state index contributed by atoms with van der Waals surface area (Å²) < 4.78 is 5.31. The molecule has 118 valence electrons. The van der Waals surface area contributed by atoms with Gasteiger partial charge in [-0.05, 0) is 12.8 Å². The normalized spacial score (nSPS) is 17.9. The molecule has 2 heterocycles. The van der Waals surface area contributed by atoms with Crippen molar-refractivity contribution in [2.45, 2.75) is 32.7 Å². The second kappa shape index (κ2) is 6.91. The number of nitrogens with one attached hydrogen (secondary N) is 2. The van der Waals surface area contributed by atoms with Crippen molar-refractivity contribution >= 4 is 11.6 Å². The molecule has 0 bridgehead atoms. The molecular formula is C14H25N5O2. The van der Waals surface area contributed by atoms with E-state index in [0.717, 1.165) is 38.5 Å². The van der Waals surface area contributed by atoms with Crippen molar-refractivity contribution in [1.29, 1.82) is 0 Å². The number of carbonyl (C=O) groups excluding carboxylic acids is 1. The molecule has 0 aromatic carbocycles. The Morgan fingerprint density at radius 1 is 1.43 bits per heavy atom.